The molecule has 3 atom stereocenters. The molecule has 3 rings (SSSR count). The molecular weight excluding hydrogens is 258 g/mol. The first kappa shape index (κ1) is 14.2. The molecule has 0 bridgehead atoms. The van der Waals surface area contributed by atoms with Gasteiger partial charge in [-0.25, -0.2) is 0 Å². The Morgan fingerprint density at radius 1 is 1.14 bits per heavy atom. The summed E-state index contributed by atoms with van der Waals surface area (Å²) in [6, 6.07) is 16.7. The summed E-state index contributed by atoms with van der Waals surface area (Å²) < 4.78 is 6.30. The van der Waals surface area contributed by atoms with E-state index in [0.717, 1.165) is 18.6 Å². The van der Waals surface area contributed by atoms with Crippen molar-refractivity contribution in [3.8, 4) is 5.75 Å². The minimum Gasteiger partial charge on any atom is -0.488 e. The van der Waals surface area contributed by atoms with Crippen molar-refractivity contribution in [1.29, 1.82) is 0 Å². The summed E-state index contributed by atoms with van der Waals surface area (Å²) in [5, 5.41) is 0. The molecule has 3 unspecified atom stereocenters. The van der Waals surface area contributed by atoms with Gasteiger partial charge in [0.2, 0.25) is 0 Å². The minimum atomic E-state index is -0.0359. The van der Waals surface area contributed by atoms with Gasteiger partial charge in [-0.1, -0.05) is 56.3 Å². The highest BCUT2D eigenvalue weighted by Crippen LogP contribution is 2.35. The van der Waals surface area contributed by atoms with Crippen LogP contribution in [0.5, 0.6) is 5.75 Å². The van der Waals surface area contributed by atoms with Crippen molar-refractivity contribution in [2.45, 2.75) is 44.8 Å². The third kappa shape index (κ3) is 2.68. The van der Waals surface area contributed by atoms with Crippen LogP contribution in [0.2, 0.25) is 0 Å². The van der Waals surface area contributed by atoms with E-state index in [2.05, 4.69) is 50.2 Å². The topological polar surface area (TPSA) is 35.2 Å². The second kappa shape index (κ2) is 5.90. The smallest absolute Gasteiger partial charge is 0.123 e. The summed E-state index contributed by atoms with van der Waals surface area (Å²) in [4.78, 5) is 0. The summed E-state index contributed by atoms with van der Waals surface area (Å²) in [6.45, 7) is 4.45. The zero-order chi connectivity index (χ0) is 14.8. The molecule has 0 aromatic heterocycles. The average Bonchev–Trinajstić information content (AvgIpc) is 2.84. The lowest BCUT2D eigenvalue weighted by atomic mass is 9.97. The minimum absolute atomic E-state index is 0.0348. The predicted molar refractivity (Wildman–Crippen MR) is 86.6 cm³/mol. The Labute approximate surface area is 126 Å². The Morgan fingerprint density at radius 2 is 1.86 bits per heavy atom. The Balaban J connectivity index is 1.83. The van der Waals surface area contributed by atoms with Crippen molar-refractivity contribution in [2.24, 2.45) is 5.73 Å². The van der Waals surface area contributed by atoms with Gasteiger partial charge in [-0.3, -0.25) is 0 Å². The highest BCUT2D eigenvalue weighted by Gasteiger charge is 2.31. The molecule has 0 heterocycles. The Morgan fingerprint density at radius 3 is 2.62 bits per heavy atom. The first-order chi connectivity index (χ1) is 10.2. The number of benzene rings is 2. The molecule has 2 heteroatoms. The molecule has 21 heavy (non-hydrogen) atoms. The molecule has 0 radical (unpaired) electrons. The van der Waals surface area contributed by atoms with Gasteiger partial charge in [0, 0.05) is 6.42 Å². The lowest BCUT2D eigenvalue weighted by molar-refractivity contribution is 0.182. The number of ether oxygens (including phenoxy) is 1. The zero-order valence-corrected chi connectivity index (χ0v) is 12.8. The fourth-order valence-electron chi connectivity index (χ4n) is 3.08. The Hall–Kier alpha value is -1.80. The maximum absolute atomic E-state index is 6.37. The maximum atomic E-state index is 6.37. The van der Waals surface area contributed by atoms with Crippen LogP contribution in [-0.4, -0.2) is 6.10 Å². The molecule has 110 valence electrons. The number of nitrogens with two attached hydrogens (primary N) is 1. The van der Waals surface area contributed by atoms with Crippen LogP contribution in [0, 0.1) is 0 Å². The molecular formula is C19H23NO. The highest BCUT2D eigenvalue weighted by molar-refractivity contribution is 5.39. The van der Waals surface area contributed by atoms with E-state index in [1.54, 1.807) is 0 Å². The van der Waals surface area contributed by atoms with Crippen molar-refractivity contribution in [1.82, 2.24) is 0 Å². The summed E-state index contributed by atoms with van der Waals surface area (Å²) in [7, 11) is 0. The molecule has 2 aromatic rings. The monoisotopic (exact) mass is 281 g/mol. The summed E-state index contributed by atoms with van der Waals surface area (Å²) in [6.07, 6.45) is 2.04. The van der Waals surface area contributed by atoms with Crippen molar-refractivity contribution >= 4 is 0 Å². The fraction of sp³-hybridized carbons (Fsp3) is 0.368. The van der Waals surface area contributed by atoms with Gasteiger partial charge in [0.25, 0.3) is 0 Å². The molecule has 1 aliphatic carbocycles. The summed E-state index contributed by atoms with van der Waals surface area (Å²) >= 11 is 0. The fourth-order valence-corrected chi connectivity index (χ4v) is 3.08. The van der Waals surface area contributed by atoms with Crippen molar-refractivity contribution in [3.05, 3.63) is 65.2 Å². The van der Waals surface area contributed by atoms with E-state index in [-0.39, 0.29) is 12.1 Å². The van der Waals surface area contributed by atoms with Gasteiger partial charge in [-0.05, 0) is 35.1 Å². The normalized spacial score (nSPS) is 21.9. The van der Waals surface area contributed by atoms with Crippen LogP contribution < -0.4 is 10.5 Å². The Kier molecular flexibility index (Phi) is 3.98. The van der Waals surface area contributed by atoms with Gasteiger partial charge >= 0.3 is 0 Å². The van der Waals surface area contributed by atoms with Gasteiger partial charge in [0.1, 0.15) is 11.9 Å². The second-order valence-electron chi connectivity index (χ2n) is 5.93. The predicted octanol–water partition coefficient (Wildman–Crippen LogP) is 4.20. The van der Waals surface area contributed by atoms with Crippen LogP contribution in [0.15, 0.2) is 48.5 Å². The molecule has 1 aliphatic rings. The van der Waals surface area contributed by atoms with Crippen LogP contribution in [0.4, 0.5) is 0 Å². The number of hydrogen-bond donors (Lipinski definition) is 1. The Bertz CT molecular complexity index is 622. The lowest BCUT2D eigenvalue weighted by Gasteiger charge is -2.22. The summed E-state index contributed by atoms with van der Waals surface area (Å²) in [5.41, 5.74) is 10.2. The molecule has 0 aliphatic heterocycles. The van der Waals surface area contributed by atoms with Crippen LogP contribution in [0.25, 0.3) is 0 Å². The molecule has 0 fully saturated rings. The number of para-hydroxylation sites is 1. The van der Waals surface area contributed by atoms with Crippen molar-refractivity contribution < 1.29 is 4.74 Å². The first-order valence-electron chi connectivity index (χ1n) is 7.79. The van der Waals surface area contributed by atoms with Crippen molar-refractivity contribution in [3.63, 3.8) is 0 Å². The standard InChI is InChI=1S/C19H23NO/c1-3-13(2)15-9-6-7-11-17(15)21-18-12-14-8-4-5-10-16(14)19(18)20/h4-11,13,18-19H,3,12,20H2,1-2H3. The molecule has 2 N–H and O–H groups in total. The third-order valence-electron chi connectivity index (χ3n) is 4.58. The van der Waals surface area contributed by atoms with E-state index < -0.39 is 0 Å². The number of hydrogen-bond acceptors (Lipinski definition) is 2. The molecule has 0 spiro atoms. The average molecular weight is 281 g/mol. The quantitative estimate of drug-likeness (QED) is 0.911. The van der Waals surface area contributed by atoms with Crippen LogP contribution in [0.3, 0.4) is 0 Å². The van der Waals surface area contributed by atoms with Crippen LogP contribution >= 0.6 is 0 Å². The van der Waals surface area contributed by atoms with Gasteiger partial charge in [-0.15, -0.1) is 0 Å². The molecule has 0 amide bonds. The summed E-state index contributed by atoms with van der Waals surface area (Å²) in [5.74, 6) is 1.49. The largest absolute Gasteiger partial charge is 0.488 e. The highest BCUT2D eigenvalue weighted by atomic mass is 16.5. The van der Waals surface area contributed by atoms with Gasteiger partial charge < -0.3 is 10.5 Å². The van der Waals surface area contributed by atoms with E-state index in [1.165, 1.54) is 16.7 Å². The molecule has 0 saturated carbocycles. The molecule has 0 saturated heterocycles. The van der Waals surface area contributed by atoms with Gasteiger partial charge in [-0.2, -0.15) is 0 Å². The number of fused-ring (bicyclic) bond motifs is 1. The van der Waals surface area contributed by atoms with E-state index >= 15 is 0 Å². The third-order valence-corrected chi connectivity index (χ3v) is 4.58. The van der Waals surface area contributed by atoms with Crippen LogP contribution in [-0.2, 0) is 6.42 Å². The van der Waals surface area contributed by atoms with Crippen LogP contribution in [0.1, 0.15) is 48.9 Å². The zero-order valence-electron chi connectivity index (χ0n) is 12.8. The van der Waals surface area contributed by atoms with Gasteiger partial charge in [0.05, 0.1) is 6.04 Å². The van der Waals surface area contributed by atoms with E-state index in [9.17, 15) is 0 Å². The molecule has 2 nitrogen and oxygen atoms in total. The maximum Gasteiger partial charge on any atom is 0.123 e. The first-order valence-corrected chi connectivity index (χ1v) is 7.79. The van der Waals surface area contributed by atoms with E-state index in [1.807, 2.05) is 12.1 Å². The lowest BCUT2D eigenvalue weighted by Crippen LogP contribution is -2.28. The van der Waals surface area contributed by atoms with Crippen molar-refractivity contribution in [2.75, 3.05) is 0 Å². The van der Waals surface area contributed by atoms with E-state index in [0.29, 0.717) is 5.92 Å². The second-order valence-corrected chi connectivity index (χ2v) is 5.93. The van der Waals surface area contributed by atoms with Gasteiger partial charge in [0.15, 0.2) is 0 Å². The van der Waals surface area contributed by atoms with E-state index in [4.69, 9.17) is 10.5 Å². The SMILES string of the molecule is CCC(C)c1ccccc1OC1Cc2ccccc2C1N. The molecule has 2 aromatic carbocycles. The number of rotatable bonds is 4.